The number of furan rings is 1. The lowest BCUT2D eigenvalue weighted by Gasteiger charge is -2.13. The first kappa shape index (κ1) is 15.3. The number of nitrogens with one attached hydrogen (secondary N) is 1. The third-order valence-electron chi connectivity index (χ3n) is 3.35. The number of rotatable bonds is 5. The highest BCUT2D eigenvalue weighted by Gasteiger charge is 2.17. The molecule has 5 nitrogen and oxygen atoms in total. The van der Waals surface area contributed by atoms with Crippen LogP contribution in [0.4, 0.5) is 5.69 Å². The quantitative estimate of drug-likeness (QED) is 0.753. The van der Waals surface area contributed by atoms with Crippen molar-refractivity contribution in [3.63, 3.8) is 0 Å². The van der Waals surface area contributed by atoms with Gasteiger partial charge in [0.25, 0.3) is 10.0 Å². The van der Waals surface area contributed by atoms with Crippen molar-refractivity contribution >= 4 is 15.7 Å². The van der Waals surface area contributed by atoms with Gasteiger partial charge in [-0.05, 0) is 42.0 Å². The molecule has 0 fully saturated rings. The molecule has 1 heterocycles. The Hall–Kier alpha value is -2.57. The molecule has 0 aliphatic carbocycles. The van der Waals surface area contributed by atoms with Crippen molar-refractivity contribution in [1.82, 2.24) is 0 Å². The lowest BCUT2D eigenvalue weighted by molar-refractivity contribution is 0.282. The number of aliphatic hydroxyl groups excluding tert-OH is 1. The summed E-state index contributed by atoms with van der Waals surface area (Å²) in [5, 5.41) is 9.30. The molecule has 0 saturated heterocycles. The Bertz CT molecular complexity index is 888. The molecule has 2 N–H and O–H groups in total. The summed E-state index contributed by atoms with van der Waals surface area (Å²) < 4.78 is 33.0. The Morgan fingerprint density at radius 2 is 1.78 bits per heavy atom. The molecule has 0 saturated carbocycles. The topological polar surface area (TPSA) is 79.5 Å². The van der Waals surface area contributed by atoms with Crippen LogP contribution in [-0.4, -0.2) is 13.5 Å². The Morgan fingerprint density at radius 3 is 2.43 bits per heavy atom. The van der Waals surface area contributed by atoms with E-state index < -0.39 is 10.0 Å². The fraction of sp³-hybridized carbons (Fsp3) is 0.0588. The summed E-state index contributed by atoms with van der Waals surface area (Å²) in [6.07, 6.45) is 1.52. The minimum absolute atomic E-state index is 0.166. The van der Waals surface area contributed by atoms with Crippen molar-refractivity contribution in [3.8, 4) is 11.3 Å². The van der Waals surface area contributed by atoms with Gasteiger partial charge in [0.1, 0.15) is 5.76 Å². The standard InChI is InChI=1S/C17H15NO4S/c19-12-13-8-9-15(17-7-4-10-22-17)16(11-13)18-23(20,21)14-5-2-1-3-6-14/h1-11,18-19H,12H2. The van der Waals surface area contributed by atoms with Crippen LogP contribution in [0.15, 0.2) is 76.2 Å². The molecule has 0 aliphatic rings. The van der Waals surface area contributed by atoms with Crippen LogP contribution in [0.5, 0.6) is 0 Å². The van der Waals surface area contributed by atoms with Crippen LogP contribution in [0.2, 0.25) is 0 Å². The molecule has 3 aromatic rings. The lowest BCUT2D eigenvalue weighted by Crippen LogP contribution is -2.13. The molecule has 1 aromatic heterocycles. The molecule has 0 amide bonds. The number of aliphatic hydroxyl groups is 1. The van der Waals surface area contributed by atoms with Crippen molar-refractivity contribution in [1.29, 1.82) is 0 Å². The van der Waals surface area contributed by atoms with Gasteiger partial charge in [0.15, 0.2) is 0 Å². The zero-order chi connectivity index (χ0) is 16.3. The van der Waals surface area contributed by atoms with Crippen molar-refractivity contribution < 1.29 is 17.9 Å². The molecular formula is C17H15NO4S. The molecule has 0 aliphatic heterocycles. The van der Waals surface area contributed by atoms with E-state index in [1.54, 1.807) is 48.5 Å². The van der Waals surface area contributed by atoms with Crippen molar-refractivity contribution in [2.75, 3.05) is 4.72 Å². The minimum atomic E-state index is -3.73. The summed E-state index contributed by atoms with van der Waals surface area (Å²) in [4.78, 5) is 0.166. The molecule has 118 valence electrons. The number of hydrogen-bond acceptors (Lipinski definition) is 4. The summed E-state index contributed by atoms with van der Waals surface area (Å²) in [6.45, 7) is -0.182. The molecule has 6 heteroatoms. The van der Waals surface area contributed by atoms with Crippen LogP contribution in [0.25, 0.3) is 11.3 Å². The fourth-order valence-corrected chi connectivity index (χ4v) is 3.32. The molecule has 0 atom stereocenters. The van der Waals surface area contributed by atoms with Crippen molar-refractivity contribution in [2.24, 2.45) is 0 Å². The first-order valence-electron chi connectivity index (χ1n) is 6.96. The van der Waals surface area contributed by atoms with Crippen LogP contribution in [0, 0.1) is 0 Å². The first-order chi connectivity index (χ1) is 11.1. The van der Waals surface area contributed by atoms with Gasteiger partial charge in [0.05, 0.1) is 23.5 Å². The van der Waals surface area contributed by atoms with Gasteiger partial charge in [-0.2, -0.15) is 0 Å². The molecule has 0 bridgehead atoms. The lowest BCUT2D eigenvalue weighted by atomic mass is 10.1. The van der Waals surface area contributed by atoms with E-state index in [1.807, 2.05) is 0 Å². The van der Waals surface area contributed by atoms with Crippen LogP contribution < -0.4 is 4.72 Å². The van der Waals surface area contributed by atoms with Crippen molar-refractivity contribution in [2.45, 2.75) is 11.5 Å². The summed E-state index contributed by atoms with van der Waals surface area (Å²) in [7, 11) is -3.73. The zero-order valence-electron chi connectivity index (χ0n) is 12.1. The van der Waals surface area contributed by atoms with Gasteiger partial charge in [0, 0.05) is 5.56 Å². The van der Waals surface area contributed by atoms with Crippen LogP contribution in [0.3, 0.4) is 0 Å². The van der Waals surface area contributed by atoms with Crippen LogP contribution >= 0.6 is 0 Å². The molecule has 23 heavy (non-hydrogen) atoms. The molecular weight excluding hydrogens is 314 g/mol. The van der Waals surface area contributed by atoms with E-state index >= 15 is 0 Å². The maximum absolute atomic E-state index is 12.5. The summed E-state index contributed by atoms with van der Waals surface area (Å²) in [6, 6.07) is 16.6. The van der Waals surface area contributed by atoms with E-state index in [9.17, 15) is 13.5 Å². The van der Waals surface area contributed by atoms with E-state index in [1.165, 1.54) is 18.4 Å². The maximum Gasteiger partial charge on any atom is 0.261 e. The highest BCUT2D eigenvalue weighted by atomic mass is 32.2. The second-order valence-electron chi connectivity index (χ2n) is 4.93. The second-order valence-corrected chi connectivity index (χ2v) is 6.62. The number of anilines is 1. The smallest absolute Gasteiger partial charge is 0.261 e. The Labute approximate surface area is 134 Å². The molecule has 0 radical (unpaired) electrons. The third-order valence-corrected chi connectivity index (χ3v) is 4.73. The molecule has 2 aromatic carbocycles. The maximum atomic E-state index is 12.5. The number of benzene rings is 2. The van der Waals surface area contributed by atoms with Gasteiger partial charge in [-0.3, -0.25) is 4.72 Å². The molecule has 3 rings (SSSR count). The van der Waals surface area contributed by atoms with Crippen molar-refractivity contribution in [3.05, 3.63) is 72.5 Å². The van der Waals surface area contributed by atoms with Gasteiger partial charge in [-0.25, -0.2) is 8.42 Å². The Kier molecular flexibility index (Phi) is 4.18. The van der Waals surface area contributed by atoms with Crippen LogP contribution in [0.1, 0.15) is 5.56 Å². The second kappa shape index (κ2) is 6.28. The van der Waals surface area contributed by atoms with Crippen LogP contribution in [-0.2, 0) is 16.6 Å². The summed E-state index contributed by atoms with van der Waals surface area (Å²) in [5.41, 5.74) is 1.56. The van der Waals surface area contributed by atoms with E-state index in [-0.39, 0.29) is 11.5 Å². The van der Waals surface area contributed by atoms with Gasteiger partial charge in [-0.1, -0.05) is 24.3 Å². The minimum Gasteiger partial charge on any atom is -0.464 e. The SMILES string of the molecule is O=S(=O)(Nc1cc(CO)ccc1-c1ccco1)c1ccccc1. The Morgan fingerprint density at radius 1 is 1.00 bits per heavy atom. The average Bonchev–Trinajstić information content (AvgIpc) is 3.09. The normalized spacial score (nSPS) is 11.3. The number of sulfonamides is 1. The monoisotopic (exact) mass is 329 g/mol. The average molecular weight is 329 g/mol. The van der Waals surface area contributed by atoms with Gasteiger partial charge in [-0.15, -0.1) is 0 Å². The van der Waals surface area contributed by atoms with E-state index in [4.69, 9.17) is 4.42 Å². The van der Waals surface area contributed by atoms with Gasteiger partial charge in [0.2, 0.25) is 0 Å². The third kappa shape index (κ3) is 3.28. The highest BCUT2D eigenvalue weighted by Crippen LogP contribution is 2.31. The summed E-state index contributed by atoms with van der Waals surface area (Å²) >= 11 is 0. The summed E-state index contributed by atoms with van der Waals surface area (Å²) in [5.74, 6) is 0.542. The van der Waals surface area contributed by atoms with E-state index in [0.29, 0.717) is 22.6 Å². The predicted octanol–water partition coefficient (Wildman–Crippen LogP) is 3.24. The predicted molar refractivity (Wildman–Crippen MR) is 87.3 cm³/mol. The highest BCUT2D eigenvalue weighted by molar-refractivity contribution is 7.92. The molecule has 0 spiro atoms. The zero-order valence-corrected chi connectivity index (χ0v) is 13.0. The van der Waals surface area contributed by atoms with E-state index in [2.05, 4.69) is 4.72 Å². The number of hydrogen-bond donors (Lipinski definition) is 2. The van der Waals surface area contributed by atoms with Gasteiger partial charge < -0.3 is 9.52 Å². The van der Waals surface area contributed by atoms with E-state index in [0.717, 1.165) is 0 Å². The molecule has 0 unspecified atom stereocenters. The van der Waals surface area contributed by atoms with Gasteiger partial charge >= 0.3 is 0 Å². The first-order valence-corrected chi connectivity index (χ1v) is 8.44. The fourth-order valence-electron chi connectivity index (χ4n) is 2.22. The Balaban J connectivity index is 2.05. The largest absolute Gasteiger partial charge is 0.464 e.